The van der Waals surface area contributed by atoms with Gasteiger partial charge in [0.2, 0.25) is 0 Å². The van der Waals surface area contributed by atoms with E-state index in [1.54, 1.807) is 7.05 Å². The van der Waals surface area contributed by atoms with Gasteiger partial charge in [-0.1, -0.05) is 11.8 Å². The molecule has 2 rings (SSSR count). The number of hydrogen-bond acceptors (Lipinski definition) is 6. The third kappa shape index (κ3) is 1.85. The van der Waals surface area contributed by atoms with Crippen molar-refractivity contribution in [3.05, 3.63) is 0 Å². The SMILES string of the molecule is CN=C1N[C@@H]2C(O)[C@H](O)[C@@H](CO)O[C@@H]2S1. The topological polar surface area (TPSA) is 94.3 Å². The van der Waals surface area contributed by atoms with E-state index < -0.39 is 18.3 Å². The number of fused-ring (bicyclic) bond motifs is 1. The van der Waals surface area contributed by atoms with Gasteiger partial charge < -0.3 is 25.4 Å². The van der Waals surface area contributed by atoms with Gasteiger partial charge in [0.05, 0.1) is 12.6 Å². The summed E-state index contributed by atoms with van der Waals surface area (Å²) < 4.78 is 5.43. The highest BCUT2D eigenvalue weighted by atomic mass is 32.2. The number of amidine groups is 1. The summed E-state index contributed by atoms with van der Waals surface area (Å²) in [6.07, 6.45) is -2.75. The molecule has 0 saturated carbocycles. The van der Waals surface area contributed by atoms with E-state index in [-0.39, 0.29) is 18.1 Å². The van der Waals surface area contributed by atoms with E-state index in [4.69, 9.17) is 9.84 Å². The van der Waals surface area contributed by atoms with Gasteiger partial charge in [-0.15, -0.1) is 0 Å². The van der Waals surface area contributed by atoms with Gasteiger partial charge in [0.25, 0.3) is 0 Å². The van der Waals surface area contributed by atoms with Crippen LogP contribution in [0, 0.1) is 0 Å². The van der Waals surface area contributed by atoms with Crippen molar-refractivity contribution in [2.45, 2.75) is 29.8 Å². The van der Waals surface area contributed by atoms with Crippen molar-refractivity contribution in [2.75, 3.05) is 13.7 Å². The second-order valence-corrected chi connectivity index (χ2v) is 4.61. The molecule has 2 fully saturated rings. The zero-order valence-electron chi connectivity index (χ0n) is 8.20. The Morgan fingerprint density at radius 3 is 2.80 bits per heavy atom. The Bertz CT molecular complexity index is 275. The lowest BCUT2D eigenvalue weighted by Crippen LogP contribution is -2.59. The van der Waals surface area contributed by atoms with Crippen molar-refractivity contribution in [1.82, 2.24) is 5.32 Å². The average molecular weight is 234 g/mol. The molecule has 2 aliphatic rings. The molecule has 0 aromatic carbocycles. The maximum atomic E-state index is 9.79. The molecule has 7 heteroatoms. The number of aliphatic imine (C=N–C) groups is 1. The molecule has 0 aromatic rings. The van der Waals surface area contributed by atoms with E-state index in [9.17, 15) is 10.2 Å². The minimum absolute atomic E-state index is 0.305. The maximum Gasteiger partial charge on any atom is 0.159 e. The van der Waals surface area contributed by atoms with Crippen LogP contribution < -0.4 is 5.32 Å². The molecule has 2 saturated heterocycles. The number of nitrogens with one attached hydrogen (secondary N) is 1. The van der Waals surface area contributed by atoms with Crippen LogP contribution in [0.1, 0.15) is 0 Å². The van der Waals surface area contributed by atoms with Crippen LogP contribution in [0.25, 0.3) is 0 Å². The van der Waals surface area contributed by atoms with Gasteiger partial charge in [0.15, 0.2) is 5.17 Å². The largest absolute Gasteiger partial charge is 0.394 e. The van der Waals surface area contributed by atoms with Gasteiger partial charge in [0, 0.05) is 7.05 Å². The molecule has 2 heterocycles. The van der Waals surface area contributed by atoms with E-state index in [0.717, 1.165) is 0 Å². The summed E-state index contributed by atoms with van der Waals surface area (Å²) in [5.41, 5.74) is -0.306. The first-order chi connectivity index (χ1) is 7.17. The highest BCUT2D eigenvalue weighted by Gasteiger charge is 2.48. The molecule has 0 spiro atoms. The molecule has 0 aromatic heterocycles. The van der Waals surface area contributed by atoms with Crippen LogP contribution in [0.5, 0.6) is 0 Å². The number of rotatable bonds is 1. The molecule has 1 unspecified atom stereocenters. The average Bonchev–Trinajstić information content (AvgIpc) is 2.66. The Morgan fingerprint density at radius 1 is 1.47 bits per heavy atom. The maximum absolute atomic E-state index is 9.79. The zero-order chi connectivity index (χ0) is 11.0. The third-order valence-electron chi connectivity index (χ3n) is 2.60. The van der Waals surface area contributed by atoms with Crippen LogP contribution in [-0.4, -0.2) is 63.9 Å². The highest BCUT2D eigenvalue weighted by Crippen LogP contribution is 2.33. The second-order valence-electron chi connectivity index (χ2n) is 3.52. The van der Waals surface area contributed by atoms with Gasteiger partial charge in [-0.25, -0.2) is 0 Å². The molecule has 2 aliphatic heterocycles. The van der Waals surface area contributed by atoms with Crippen LogP contribution in [0.4, 0.5) is 0 Å². The van der Waals surface area contributed by atoms with E-state index in [2.05, 4.69) is 10.3 Å². The summed E-state index contributed by atoms with van der Waals surface area (Å²) in [6.45, 7) is -0.305. The van der Waals surface area contributed by atoms with Gasteiger partial charge in [-0.3, -0.25) is 4.99 Å². The van der Waals surface area contributed by atoms with Crippen LogP contribution in [0.3, 0.4) is 0 Å². The molecule has 86 valence electrons. The molecular formula is C8H14N2O4S. The van der Waals surface area contributed by atoms with Crippen molar-refractivity contribution in [1.29, 1.82) is 0 Å². The number of thioether (sulfide) groups is 1. The quantitative estimate of drug-likeness (QED) is 0.424. The monoisotopic (exact) mass is 234 g/mol. The first-order valence-corrected chi connectivity index (χ1v) is 5.57. The van der Waals surface area contributed by atoms with E-state index in [1.165, 1.54) is 11.8 Å². The Labute approximate surface area is 91.3 Å². The lowest BCUT2D eigenvalue weighted by Gasteiger charge is -2.38. The molecule has 0 bridgehead atoms. The van der Waals surface area contributed by atoms with Gasteiger partial charge in [-0.2, -0.15) is 0 Å². The smallest absolute Gasteiger partial charge is 0.159 e. The van der Waals surface area contributed by atoms with Crippen molar-refractivity contribution in [3.8, 4) is 0 Å². The van der Waals surface area contributed by atoms with Gasteiger partial charge in [0.1, 0.15) is 23.7 Å². The fourth-order valence-corrected chi connectivity index (χ4v) is 2.84. The minimum atomic E-state index is -1.07. The Hall–Kier alpha value is -0.340. The van der Waals surface area contributed by atoms with Crippen molar-refractivity contribution in [2.24, 2.45) is 4.99 Å². The molecule has 0 aliphatic carbocycles. The van der Waals surface area contributed by atoms with Crippen molar-refractivity contribution in [3.63, 3.8) is 0 Å². The summed E-state index contributed by atoms with van der Waals surface area (Å²) in [5, 5.41) is 32.0. The minimum Gasteiger partial charge on any atom is -0.394 e. The summed E-state index contributed by atoms with van der Waals surface area (Å²) in [4.78, 5) is 3.96. The standard InChI is InChI=1S/C8H14N2O4S/c1-9-8-10-4-6(13)5(12)3(2-11)14-7(4)15-8/h3-7,11-13H,2H2,1H3,(H,9,10)/t3-,4-,5-,6?,7-/m1/s1. The third-order valence-corrected chi connectivity index (χ3v) is 3.76. The Balaban J connectivity index is 2.13. The Morgan fingerprint density at radius 2 is 2.20 bits per heavy atom. The molecule has 5 atom stereocenters. The predicted molar refractivity (Wildman–Crippen MR) is 55.6 cm³/mol. The summed E-state index contributed by atoms with van der Waals surface area (Å²) in [6, 6.07) is -0.369. The van der Waals surface area contributed by atoms with E-state index >= 15 is 0 Å². The first kappa shape index (κ1) is 11.2. The van der Waals surface area contributed by atoms with Gasteiger partial charge >= 0.3 is 0 Å². The van der Waals surface area contributed by atoms with Crippen LogP contribution in [0.15, 0.2) is 4.99 Å². The predicted octanol–water partition coefficient (Wildman–Crippen LogP) is -1.88. The number of ether oxygens (including phenoxy) is 1. The number of aliphatic hydroxyl groups excluding tert-OH is 3. The molecule has 0 amide bonds. The summed E-state index contributed by atoms with van der Waals surface area (Å²) in [5.74, 6) is 0. The lowest BCUT2D eigenvalue weighted by molar-refractivity contribution is -0.167. The molecular weight excluding hydrogens is 220 g/mol. The van der Waals surface area contributed by atoms with Crippen LogP contribution in [0.2, 0.25) is 0 Å². The fourth-order valence-electron chi connectivity index (χ4n) is 1.74. The molecule has 15 heavy (non-hydrogen) atoms. The molecule has 4 N–H and O–H groups in total. The van der Waals surface area contributed by atoms with Crippen molar-refractivity contribution < 1.29 is 20.1 Å². The number of nitrogens with zero attached hydrogens (tertiary/aromatic N) is 1. The Kier molecular flexibility index (Phi) is 3.17. The number of hydrogen-bond donors (Lipinski definition) is 4. The fraction of sp³-hybridized carbons (Fsp3) is 0.875. The normalized spacial score (nSPS) is 47.7. The summed E-state index contributed by atoms with van der Waals surface area (Å²) >= 11 is 1.35. The molecule has 0 radical (unpaired) electrons. The van der Waals surface area contributed by atoms with Crippen molar-refractivity contribution >= 4 is 16.9 Å². The number of aliphatic hydroxyl groups is 3. The van der Waals surface area contributed by atoms with E-state index in [1.807, 2.05) is 0 Å². The zero-order valence-corrected chi connectivity index (χ0v) is 9.02. The van der Waals surface area contributed by atoms with E-state index in [0.29, 0.717) is 5.17 Å². The second kappa shape index (κ2) is 4.26. The van der Waals surface area contributed by atoms with Crippen LogP contribution >= 0.6 is 11.8 Å². The van der Waals surface area contributed by atoms with Crippen LogP contribution in [-0.2, 0) is 4.74 Å². The first-order valence-electron chi connectivity index (χ1n) is 4.69. The summed E-state index contributed by atoms with van der Waals surface area (Å²) in [7, 11) is 1.64. The highest BCUT2D eigenvalue weighted by molar-refractivity contribution is 8.14. The molecule has 6 nitrogen and oxygen atoms in total. The lowest BCUT2D eigenvalue weighted by atomic mass is 9.98. The van der Waals surface area contributed by atoms with Gasteiger partial charge in [-0.05, 0) is 0 Å².